The first kappa shape index (κ1) is 8.74. The van der Waals surface area contributed by atoms with Crippen molar-refractivity contribution < 1.29 is 4.74 Å². The number of ether oxygens (including phenoxy) is 1. The number of hydrogen-bond acceptors (Lipinski definition) is 3. The molecule has 0 atom stereocenters. The molecule has 13 heavy (non-hydrogen) atoms. The highest BCUT2D eigenvalue weighted by Gasteiger charge is 2.07. The lowest BCUT2D eigenvalue weighted by Crippen LogP contribution is -1.90. The van der Waals surface area contributed by atoms with E-state index in [1.807, 2.05) is 23.9 Å². The van der Waals surface area contributed by atoms with Gasteiger partial charge in [-0.3, -0.25) is 4.68 Å². The number of nitrogens with zero attached hydrogens (tertiary/aromatic N) is 3. The fourth-order valence-electron chi connectivity index (χ4n) is 1.19. The van der Waals surface area contributed by atoms with Gasteiger partial charge in [-0.1, -0.05) is 0 Å². The maximum Gasteiger partial charge on any atom is 0.213 e. The Kier molecular flexibility index (Phi) is 2.10. The SMILES string of the molecule is COc1ccc2c(n1)c(I)nn2C. The quantitative estimate of drug-likeness (QED) is 0.748. The minimum absolute atomic E-state index is 0.624. The van der Waals surface area contributed by atoms with Gasteiger partial charge in [-0.2, -0.15) is 5.10 Å². The number of fused-ring (bicyclic) bond motifs is 1. The molecule has 68 valence electrons. The lowest BCUT2D eigenvalue weighted by molar-refractivity contribution is 0.399. The standard InChI is InChI=1S/C8H8IN3O/c1-12-5-3-4-6(13-2)10-7(5)8(9)11-12/h3-4H,1-2H3. The summed E-state index contributed by atoms with van der Waals surface area (Å²) in [6.45, 7) is 0. The molecule has 2 aromatic heterocycles. The van der Waals surface area contributed by atoms with Gasteiger partial charge in [-0.05, 0) is 28.7 Å². The van der Waals surface area contributed by atoms with Crippen molar-refractivity contribution >= 4 is 33.6 Å². The van der Waals surface area contributed by atoms with Crippen molar-refractivity contribution in [2.75, 3.05) is 7.11 Å². The van der Waals surface area contributed by atoms with Crippen LogP contribution in [0.25, 0.3) is 11.0 Å². The van der Waals surface area contributed by atoms with Crippen molar-refractivity contribution in [3.8, 4) is 5.88 Å². The summed E-state index contributed by atoms with van der Waals surface area (Å²) in [5.74, 6) is 0.624. The highest BCUT2D eigenvalue weighted by molar-refractivity contribution is 14.1. The van der Waals surface area contributed by atoms with E-state index in [9.17, 15) is 0 Å². The fourth-order valence-corrected chi connectivity index (χ4v) is 1.91. The predicted molar refractivity (Wildman–Crippen MR) is 57.8 cm³/mol. The van der Waals surface area contributed by atoms with Crippen molar-refractivity contribution in [2.45, 2.75) is 0 Å². The maximum absolute atomic E-state index is 5.04. The summed E-state index contributed by atoms with van der Waals surface area (Å²) in [7, 11) is 3.51. The fraction of sp³-hybridized carbons (Fsp3) is 0.250. The summed E-state index contributed by atoms with van der Waals surface area (Å²) in [6.07, 6.45) is 0. The number of methoxy groups -OCH3 is 1. The summed E-state index contributed by atoms with van der Waals surface area (Å²) in [5, 5.41) is 4.25. The molecular weight excluding hydrogens is 281 g/mol. The zero-order valence-electron chi connectivity index (χ0n) is 7.28. The van der Waals surface area contributed by atoms with Crippen LogP contribution in [0.2, 0.25) is 0 Å². The Labute approximate surface area is 89.0 Å². The Bertz CT molecular complexity index is 452. The van der Waals surface area contributed by atoms with Crippen molar-refractivity contribution in [1.82, 2.24) is 14.8 Å². The Morgan fingerprint density at radius 1 is 1.46 bits per heavy atom. The first-order valence-electron chi connectivity index (χ1n) is 3.75. The normalized spacial score (nSPS) is 10.7. The number of aromatic nitrogens is 3. The molecule has 0 aromatic carbocycles. The van der Waals surface area contributed by atoms with E-state index < -0.39 is 0 Å². The lowest BCUT2D eigenvalue weighted by atomic mass is 10.4. The van der Waals surface area contributed by atoms with Crippen LogP contribution in [0, 0.1) is 3.70 Å². The van der Waals surface area contributed by atoms with Crippen LogP contribution in [0.3, 0.4) is 0 Å². The Hall–Kier alpha value is -0.850. The molecule has 0 saturated carbocycles. The van der Waals surface area contributed by atoms with Crippen LogP contribution in [-0.2, 0) is 7.05 Å². The third kappa shape index (κ3) is 1.37. The van der Waals surface area contributed by atoms with Gasteiger partial charge in [0.05, 0.1) is 12.6 Å². The van der Waals surface area contributed by atoms with E-state index in [0.717, 1.165) is 14.7 Å². The van der Waals surface area contributed by atoms with Crippen molar-refractivity contribution in [1.29, 1.82) is 0 Å². The molecule has 2 rings (SSSR count). The van der Waals surface area contributed by atoms with E-state index in [2.05, 4.69) is 32.7 Å². The van der Waals surface area contributed by atoms with Crippen LogP contribution in [0.1, 0.15) is 0 Å². The third-order valence-corrected chi connectivity index (χ3v) is 2.57. The summed E-state index contributed by atoms with van der Waals surface area (Å²) in [5.41, 5.74) is 1.91. The van der Waals surface area contributed by atoms with E-state index in [0.29, 0.717) is 5.88 Å². The molecule has 0 aliphatic heterocycles. The molecule has 0 aliphatic carbocycles. The number of aryl methyl sites for hydroxylation is 1. The number of rotatable bonds is 1. The average molecular weight is 289 g/mol. The predicted octanol–water partition coefficient (Wildman–Crippen LogP) is 1.58. The molecule has 5 heteroatoms. The summed E-state index contributed by atoms with van der Waals surface area (Å²) in [4.78, 5) is 4.30. The van der Waals surface area contributed by atoms with Crippen molar-refractivity contribution in [3.05, 3.63) is 15.8 Å². The highest BCUT2D eigenvalue weighted by atomic mass is 127. The second kappa shape index (κ2) is 3.13. The molecule has 0 spiro atoms. The van der Waals surface area contributed by atoms with Crippen molar-refractivity contribution in [2.24, 2.45) is 7.05 Å². The van der Waals surface area contributed by atoms with Gasteiger partial charge in [0.1, 0.15) is 9.22 Å². The molecule has 0 saturated heterocycles. The molecule has 0 amide bonds. The molecule has 4 nitrogen and oxygen atoms in total. The molecule has 0 unspecified atom stereocenters. The van der Waals surface area contributed by atoms with E-state index in [1.54, 1.807) is 7.11 Å². The first-order valence-corrected chi connectivity index (χ1v) is 4.83. The van der Waals surface area contributed by atoms with Gasteiger partial charge in [0.2, 0.25) is 5.88 Å². The maximum atomic E-state index is 5.04. The number of pyridine rings is 1. The molecule has 0 bridgehead atoms. The zero-order valence-corrected chi connectivity index (χ0v) is 9.44. The van der Waals surface area contributed by atoms with Gasteiger partial charge in [-0.25, -0.2) is 4.98 Å². The molecule has 2 heterocycles. The zero-order chi connectivity index (χ0) is 9.42. The highest BCUT2D eigenvalue weighted by Crippen LogP contribution is 2.20. The second-order valence-corrected chi connectivity index (χ2v) is 3.66. The van der Waals surface area contributed by atoms with Crippen LogP contribution < -0.4 is 4.74 Å². The van der Waals surface area contributed by atoms with Crippen LogP contribution in [-0.4, -0.2) is 21.9 Å². The van der Waals surface area contributed by atoms with E-state index in [1.165, 1.54) is 0 Å². The second-order valence-electron chi connectivity index (χ2n) is 2.64. The van der Waals surface area contributed by atoms with Crippen LogP contribution in [0.5, 0.6) is 5.88 Å². The van der Waals surface area contributed by atoms with Crippen LogP contribution in [0.4, 0.5) is 0 Å². The molecule has 0 aliphatic rings. The minimum atomic E-state index is 0.624. The largest absolute Gasteiger partial charge is 0.481 e. The van der Waals surface area contributed by atoms with E-state index in [4.69, 9.17) is 4.74 Å². The summed E-state index contributed by atoms with van der Waals surface area (Å²) in [6, 6.07) is 3.79. The molecule has 2 aromatic rings. The van der Waals surface area contributed by atoms with Gasteiger partial charge in [-0.15, -0.1) is 0 Å². The Morgan fingerprint density at radius 2 is 2.23 bits per heavy atom. The number of halogens is 1. The number of hydrogen-bond donors (Lipinski definition) is 0. The van der Waals surface area contributed by atoms with Gasteiger partial charge >= 0.3 is 0 Å². The molecular formula is C8H8IN3O. The van der Waals surface area contributed by atoms with E-state index >= 15 is 0 Å². The monoisotopic (exact) mass is 289 g/mol. The Morgan fingerprint density at radius 3 is 2.92 bits per heavy atom. The molecule has 0 fully saturated rings. The topological polar surface area (TPSA) is 39.9 Å². The van der Waals surface area contributed by atoms with Crippen molar-refractivity contribution in [3.63, 3.8) is 0 Å². The lowest BCUT2D eigenvalue weighted by Gasteiger charge is -1.97. The van der Waals surface area contributed by atoms with Crippen LogP contribution >= 0.6 is 22.6 Å². The average Bonchev–Trinajstić information content (AvgIpc) is 2.42. The van der Waals surface area contributed by atoms with E-state index in [-0.39, 0.29) is 0 Å². The van der Waals surface area contributed by atoms with Gasteiger partial charge < -0.3 is 4.74 Å². The Balaban J connectivity index is 2.76. The summed E-state index contributed by atoms with van der Waals surface area (Å²) < 4.78 is 7.74. The van der Waals surface area contributed by atoms with Gasteiger partial charge in [0, 0.05) is 13.1 Å². The van der Waals surface area contributed by atoms with Gasteiger partial charge in [0.15, 0.2) is 0 Å². The smallest absolute Gasteiger partial charge is 0.213 e. The third-order valence-electron chi connectivity index (χ3n) is 1.84. The minimum Gasteiger partial charge on any atom is -0.481 e. The first-order chi connectivity index (χ1) is 6.22. The molecule has 0 radical (unpaired) electrons. The van der Waals surface area contributed by atoms with Gasteiger partial charge in [0.25, 0.3) is 0 Å². The molecule has 0 N–H and O–H groups in total. The summed E-state index contributed by atoms with van der Waals surface area (Å²) >= 11 is 2.16. The van der Waals surface area contributed by atoms with Crippen LogP contribution in [0.15, 0.2) is 12.1 Å².